The average Bonchev–Trinajstić information content (AvgIpc) is 3.02. The highest BCUT2D eigenvalue weighted by Gasteiger charge is 2.33. The van der Waals surface area contributed by atoms with E-state index in [2.05, 4.69) is 0 Å². The van der Waals surface area contributed by atoms with E-state index in [1.54, 1.807) is 13.1 Å². The van der Waals surface area contributed by atoms with E-state index in [4.69, 9.17) is 4.74 Å². The molecule has 4 nitrogen and oxygen atoms in total. The molecule has 29 heavy (non-hydrogen) atoms. The first kappa shape index (κ1) is 19.8. The van der Waals surface area contributed by atoms with Crippen molar-refractivity contribution in [3.05, 3.63) is 92.8 Å². The average molecular weight is 503 g/mol. The normalized spacial score (nSPS) is 13.5. The van der Waals surface area contributed by atoms with Crippen LogP contribution in [0.4, 0.5) is 9.18 Å². The highest BCUT2D eigenvalue weighted by molar-refractivity contribution is 14.1. The van der Waals surface area contributed by atoms with Gasteiger partial charge in [0.05, 0.1) is 12.6 Å². The van der Waals surface area contributed by atoms with Crippen molar-refractivity contribution in [2.75, 3.05) is 13.7 Å². The Morgan fingerprint density at radius 2 is 1.69 bits per heavy atom. The molecule has 148 valence electrons. The lowest BCUT2D eigenvalue weighted by atomic mass is 10.1. The maximum absolute atomic E-state index is 13.8. The minimum absolute atomic E-state index is 0.344. The van der Waals surface area contributed by atoms with Gasteiger partial charge in [-0.3, -0.25) is 0 Å². The van der Waals surface area contributed by atoms with Crippen LogP contribution >= 0.6 is 22.6 Å². The minimum atomic E-state index is -0.710. The number of amides is 1. The van der Waals surface area contributed by atoms with Crippen molar-refractivity contribution in [1.82, 2.24) is 4.90 Å². The molecule has 0 radical (unpaired) electrons. The number of fused-ring (bicyclic) bond motifs is 3. The van der Waals surface area contributed by atoms with Gasteiger partial charge in [-0.2, -0.15) is 0 Å². The van der Waals surface area contributed by atoms with Crippen molar-refractivity contribution in [1.29, 1.82) is 0 Å². The number of hydrogen-bond donors (Lipinski definition) is 1. The maximum Gasteiger partial charge on any atom is 0.411 e. The molecule has 1 atom stereocenters. The molecule has 4 rings (SSSR count). The number of aliphatic hydroxyl groups excluding tert-OH is 1. The van der Waals surface area contributed by atoms with Gasteiger partial charge in [0.15, 0.2) is 6.10 Å². The molecule has 6 heteroatoms. The van der Waals surface area contributed by atoms with Gasteiger partial charge in [0.25, 0.3) is 0 Å². The largest absolute Gasteiger partial charge is 0.436 e. The Kier molecular flexibility index (Phi) is 5.56. The number of benzene rings is 3. The van der Waals surface area contributed by atoms with E-state index >= 15 is 0 Å². The fraction of sp³-hybridized carbons (Fsp3) is 0.174. The second kappa shape index (κ2) is 8.12. The lowest BCUT2D eigenvalue weighted by Gasteiger charge is -2.28. The van der Waals surface area contributed by atoms with Crippen molar-refractivity contribution < 1.29 is 19.0 Å². The van der Waals surface area contributed by atoms with Gasteiger partial charge in [-0.15, -0.1) is 0 Å². The van der Waals surface area contributed by atoms with Crippen molar-refractivity contribution >= 4 is 28.7 Å². The van der Waals surface area contributed by atoms with Crippen LogP contribution in [0.1, 0.15) is 28.8 Å². The SMILES string of the molecule is CN(C(=O)OC1c2ccccc2-c2ccccc21)[C@H](CO)c1cc(F)cc(I)c1. The first-order valence-electron chi connectivity index (χ1n) is 9.18. The van der Waals surface area contributed by atoms with Crippen molar-refractivity contribution in [3.63, 3.8) is 0 Å². The number of aliphatic hydroxyl groups is 1. The molecule has 0 saturated carbocycles. The Balaban J connectivity index is 1.62. The second-order valence-electron chi connectivity index (χ2n) is 6.95. The molecule has 1 aliphatic rings. The lowest BCUT2D eigenvalue weighted by Crippen LogP contribution is -2.34. The van der Waals surface area contributed by atoms with Crippen LogP contribution in [0, 0.1) is 9.39 Å². The van der Waals surface area contributed by atoms with Crippen molar-refractivity contribution in [2.24, 2.45) is 0 Å². The molecule has 1 aliphatic carbocycles. The fourth-order valence-electron chi connectivity index (χ4n) is 3.77. The Labute approximate surface area is 182 Å². The van der Waals surface area contributed by atoms with Gasteiger partial charge in [-0.25, -0.2) is 9.18 Å². The lowest BCUT2D eigenvalue weighted by molar-refractivity contribution is 0.0618. The van der Waals surface area contributed by atoms with E-state index in [0.29, 0.717) is 9.13 Å². The van der Waals surface area contributed by atoms with E-state index in [0.717, 1.165) is 22.3 Å². The molecule has 1 amide bonds. The first-order valence-corrected chi connectivity index (χ1v) is 10.3. The third-order valence-corrected chi connectivity index (χ3v) is 5.82. The van der Waals surface area contributed by atoms with Gasteiger partial charge in [0.1, 0.15) is 5.82 Å². The predicted molar refractivity (Wildman–Crippen MR) is 117 cm³/mol. The van der Waals surface area contributed by atoms with Crippen LogP contribution in [0.3, 0.4) is 0 Å². The molecule has 0 fully saturated rings. The summed E-state index contributed by atoms with van der Waals surface area (Å²) in [4.78, 5) is 14.3. The van der Waals surface area contributed by atoms with Crippen molar-refractivity contribution in [2.45, 2.75) is 12.1 Å². The van der Waals surface area contributed by atoms with E-state index in [9.17, 15) is 14.3 Å². The number of nitrogens with zero attached hydrogens (tertiary/aromatic N) is 1. The third-order valence-electron chi connectivity index (χ3n) is 5.19. The summed E-state index contributed by atoms with van der Waals surface area (Å²) in [5.41, 5.74) is 4.46. The summed E-state index contributed by atoms with van der Waals surface area (Å²) in [5.74, 6) is -0.411. The molecule has 0 aliphatic heterocycles. The molecule has 0 heterocycles. The molecule has 0 aromatic heterocycles. The van der Waals surface area contributed by atoms with E-state index in [1.165, 1.54) is 17.0 Å². The van der Waals surface area contributed by atoms with Gasteiger partial charge in [-0.05, 0) is 57.5 Å². The zero-order valence-corrected chi connectivity index (χ0v) is 17.8. The third kappa shape index (κ3) is 3.74. The van der Waals surface area contributed by atoms with Crippen LogP contribution in [0.2, 0.25) is 0 Å². The van der Waals surface area contributed by atoms with Gasteiger partial charge < -0.3 is 14.7 Å². The minimum Gasteiger partial charge on any atom is -0.436 e. The standard InChI is InChI=1S/C23H19FINO3/c1-26(21(13-27)14-10-15(24)12-16(25)11-14)23(28)29-22-19-8-4-2-6-17(19)18-7-3-5-9-20(18)22/h2-12,21-22,27H,13H2,1H3/t21-/m1/s1. The molecular formula is C23H19FINO3. The summed E-state index contributed by atoms with van der Waals surface area (Å²) in [5, 5.41) is 9.88. The number of hydrogen-bond acceptors (Lipinski definition) is 3. The molecule has 1 N–H and O–H groups in total. The summed E-state index contributed by atoms with van der Waals surface area (Å²) in [6.45, 7) is -0.344. The number of ether oxygens (including phenoxy) is 1. The van der Waals surface area contributed by atoms with E-state index in [1.807, 2.05) is 71.1 Å². The molecule has 3 aromatic rings. The number of carbonyl (C=O) groups excluding carboxylic acids is 1. The summed E-state index contributed by atoms with van der Waals surface area (Å²) in [6.07, 6.45) is -1.11. The Morgan fingerprint density at radius 1 is 1.10 bits per heavy atom. The number of carbonyl (C=O) groups is 1. The van der Waals surface area contributed by atoms with Crippen LogP contribution in [0.15, 0.2) is 66.7 Å². The molecule has 0 saturated heterocycles. The van der Waals surface area contributed by atoms with E-state index < -0.39 is 24.1 Å². The molecule has 3 aromatic carbocycles. The number of rotatable bonds is 4. The smallest absolute Gasteiger partial charge is 0.411 e. The van der Waals surface area contributed by atoms with Crippen LogP contribution < -0.4 is 0 Å². The molecule has 0 spiro atoms. The highest BCUT2D eigenvalue weighted by atomic mass is 127. The topological polar surface area (TPSA) is 49.8 Å². The zero-order valence-electron chi connectivity index (χ0n) is 15.7. The van der Waals surface area contributed by atoms with Crippen LogP contribution in [-0.2, 0) is 4.74 Å². The van der Waals surface area contributed by atoms with Crippen molar-refractivity contribution in [3.8, 4) is 11.1 Å². The first-order chi connectivity index (χ1) is 14.0. The summed E-state index contributed by atoms with van der Waals surface area (Å²) in [6, 6.07) is 19.4. The molecular weight excluding hydrogens is 484 g/mol. The Hall–Kier alpha value is -2.45. The van der Waals surface area contributed by atoms with E-state index in [-0.39, 0.29) is 6.61 Å². The summed E-state index contributed by atoms with van der Waals surface area (Å²) >= 11 is 2.01. The maximum atomic E-state index is 13.8. The van der Waals surface area contributed by atoms with Gasteiger partial charge in [-0.1, -0.05) is 48.5 Å². The Bertz CT molecular complexity index is 1010. The number of likely N-dealkylation sites (N-methyl/N-ethyl adjacent to an activating group) is 1. The van der Waals surface area contributed by atoms with Crippen LogP contribution in [-0.4, -0.2) is 29.8 Å². The zero-order chi connectivity index (χ0) is 20.5. The molecule has 0 unspecified atom stereocenters. The summed E-state index contributed by atoms with van der Waals surface area (Å²) < 4.78 is 20.4. The fourth-order valence-corrected chi connectivity index (χ4v) is 4.42. The Morgan fingerprint density at radius 3 is 2.24 bits per heavy atom. The molecule has 0 bridgehead atoms. The van der Waals surface area contributed by atoms with Gasteiger partial charge in [0.2, 0.25) is 0 Å². The summed E-state index contributed by atoms with van der Waals surface area (Å²) in [7, 11) is 1.55. The van der Waals surface area contributed by atoms with Crippen LogP contribution in [0.5, 0.6) is 0 Å². The predicted octanol–water partition coefficient (Wildman–Crippen LogP) is 5.30. The quantitative estimate of drug-likeness (QED) is 0.492. The second-order valence-corrected chi connectivity index (χ2v) is 8.20. The van der Waals surface area contributed by atoms with Gasteiger partial charge >= 0.3 is 6.09 Å². The monoisotopic (exact) mass is 503 g/mol. The van der Waals surface area contributed by atoms with Gasteiger partial charge in [0, 0.05) is 21.7 Å². The highest BCUT2D eigenvalue weighted by Crippen LogP contribution is 2.45. The number of halogens is 2. The van der Waals surface area contributed by atoms with Crippen LogP contribution in [0.25, 0.3) is 11.1 Å².